The molecule has 5 rings (SSSR count). The number of carbonyl (C=O) groups excluding carboxylic acids is 2. The summed E-state index contributed by atoms with van der Waals surface area (Å²) in [6.07, 6.45) is 7.08. The van der Waals surface area contributed by atoms with Crippen LogP contribution in [-0.2, 0) is 9.53 Å². The van der Waals surface area contributed by atoms with E-state index in [1.165, 1.54) is 0 Å². The molecular formula is C24H35N5O3S. The van der Waals surface area contributed by atoms with Crippen molar-refractivity contribution >= 4 is 33.4 Å². The Hall–Kier alpha value is -1.97. The smallest absolute Gasteiger partial charge is 0.261 e. The molecule has 180 valence electrons. The van der Waals surface area contributed by atoms with E-state index in [0.29, 0.717) is 24.4 Å². The van der Waals surface area contributed by atoms with Crippen LogP contribution < -0.4 is 5.32 Å². The number of piperazine rings is 1. The highest BCUT2D eigenvalue weighted by Gasteiger charge is 2.29. The zero-order chi connectivity index (χ0) is 22.9. The maximum Gasteiger partial charge on any atom is 0.261 e. The summed E-state index contributed by atoms with van der Waals surface area (Å²) in [5.74, 6) is 1.29. The van der Waals surface area contributed by atoms with Crippen LogP contribution in [0.3, 0.4) is 0 Å². The van der Waals surface area contributed by atoms with Gasteiger partial charge in [-0.25, -0.2) is 0 Å². The Balaban J connectivity index is 1.14. The maximum atomic E-state index is 13.0. The van der Waals surface area contributed by atoms with Gasteiger partial charge in [-0.3, -0.25) is 19.2 Å². The van der Waals surface area contributed by atoms with Crippen LogP contribution in [0.5, 0.6) is 0 Å². The van der Waals surface area contributed by atoms with Crippen molar-refractivity contribution in [2.75, 3.05) is 46.4 Å². The van der Waals surface area contributed by atoms with Crippen molar-refractivity contribution in [2.24, 2.45) is 11.8 Å². The lowest BCUT2D eigenvalue weighted by Gasteiger charge is -2.36. The SMILES string of the molecule is CC1COCCC1n1ncc2cc(C(=O)N[C@H]3CC[C@H](CN4CCN(C)C(=O)C4)CC3)sc21. The Morgan fingerprint density at radius 3 is 2.82 bits per heavy atom. The maximum absolute atomic E-state index is 13.0. The van der Waals surface area contributed by atoms with Crippen molar-refractivity contribution in [2.45, 2.75) is 51.1 Å². The van der Waals surface area contributed by atoms with Gasteiger partial charge in [0.2, 0.25) is 5.91 Å². The predicted octanol–water partition coefficient (Wildman–Crippen LogP) is 2.76. The summed E-state index contributed by atoms with van der Waals surface area (Å²) in [6.45, 7) is 7.07. The minimum absolute atomic E-state index is 0.0379. The Morgan fingerprint density at radius 1 is 1.24 bits per heavy atom. The minimum Gasteiger partial charge on any atom is -0.381 e. The molecule has 1 saturated carbocycles. The largest absolute Gasteiger partial charge is 0.381 e. The predicted molar refractivity (Wildman–Crippen MR) is 129 cm³/mol. The molecule has 0 spiro atoms. The normalized spacial score (nSPS) is 29.5. The Bertz CT molecular complexity index is 996. The number of amides is 2. The summed E-state index contributed by atoms with van der Waals surface area (Å²) in [5.41, 5.74) is 0. The number of nitrogens with zero attached hydrogens (tertiary/aromatic N) is 4. The molecule has 2 amide bonds. The monoisotopic (exact) mass is 473 g/mol. The third-order valence-corrected chi connectivity index (χ3v) is 8.78. The molecule has 4 heterocycles. The van der Waals surface area contributed by atoms with E-state index in [2.05, 4.69) is 26.9 Å². The van der Waals surface area contributed by atoms with Gasteiger partial charge >= 0.3 is 0 Å². The molecule has 0 radical (unpaired) electrons. The lowest BCUT2D eigenvalue weighted by atomic mass is 9.85. The van der Waals surface area contributed by atoms with E-state index >= 15 is 0 Å². The van der Waals surface area contributed by atoms with Crippen molar-refractivity contribution in [1.29, 1.82) is 0 Å². The second-order valence-electron chi connectivity index (χ2n) is 10.1. The summed E-state index contributed by atoms with van der Waals surface area (Å²) in [7, 11) is 1.88. The number of nitrogens with one attached hydrogen (secondary N) is 1. The lowest BCUT2D eigenvalue weighted by molar-refractivity contribution is -0.134. The molecule has 2 aromatic rings. The van der Waals surface area contributed by atoms with Crippen LogP contribution in [0.2, 0.25) is 0 Å². The van der Waals surface area contributed by atoms with Crippen LogP contribution in [0.15, 0.2) is 12.3 Å². The summed E-state index contributed by atoms with van der Waals surface area (Å²) in [6, 6.07) is 2.55. The first kappa shape index (κ1) is 22.8. The van der Waals surface area contributed by atoms with E-state index in [-0.39, 0.29) is 17.9 Å². The molecule has 2 atom stereocenters. The van der Waals surface area contributed by atoms with Gasteiger partial charge in [0.25, 0.3) is 5.91 Å². The third-order valence-electron chi connectivity index (χ3n) is 7.64. The first-order chi connectivity index (χ1) is 16.0. The number of aromatic nitrogens is 2. The molecule has 9 heteroatoms. The first-order valence-corrected chi connectivity index (χ1v) is 13.1. The minimum atomic E-state index is 0.0379. The fraction of sp³-hybridized carbons (Fsp3) is 0.708. The van der Waals surface area contributed by atoms with Gasteiger partial charge in [-0.2, -0.15) is 5.10 Å². The highest BCUT2D eigenvalue weighted by atomic mass is 32.1. The number of fused-ring (bicyclic) bond motifs is 1. The van der Waals surface area contributed by atoms with E-state index in [1.54, 1.807) is 11.3 Å². The standard InChI is InChI=1S/C24H35N5O3S/c1-16-15-32-10-7-20(16)29-24-18(12-25-29)11-21(33-24)23(31)26-19-5-3-17(4-6-19)13-28-9-8-27(2)22(30)14-28/h11-12,16-17,19-20H,3-10,13-15H2,1-2H3,(H,26,31)/t16?,17-,19-,20?. The zero-order valence-electron chi connectivity index (χ0n) is 19.7. The molecule has 3 fully saturated rings. The van der Waals surface area contributed by atoms with E-state index in [1.807, 2.05) is 24.2 Å². The van der Waals surface area contributed by atoms with Crippen molar-refractivity contribution < 1.29 is 14.3 Å². The van der Waals surface area contributed by atoms with Crippen molar-refractivity contribution in [1.82, 2.24) is 24.9 Å². The van der Waals surface area contributed by atoms with Gasteiger partial charge in [0, 0.05) is 50.6 Å². The van der Waals surface area contributed by atoms with Crippen LogP contribution in [0.1, 0.15) is 54.7 Å². The number of rotatable bonds is 5. The highest BCUT2D eigenvalue weighted by molar-refractivity contribution is 7.20. The molecule has 2 aromatic heterocycles. The van der Waals surface area contributed by atoms with E-state index in [4.69, 9.17) is 4.74 Å². The fourth-order valence-corrected chi connectivity index (χ4v) is 6.55. The summed E-state index contributed by atoms with van der Waals surface area (Å²) >= 11 is 1.55. The van der Waals surface area contributed by atoms with Crippen LogP contribution in [0.25, 0.3) is 10.2 Å². The zero-order valence-corrected chi connectivity index (χ0v) is 20.5. The molecule has 8 nitrogen and oxygen atoms in total. The average molecular weight is 474 g/mol. The number of hydrogen-bond donors (Lipinski definition) is 1. The van der Waals surface area contributed by atoms with E-state index in [9.17, 15) is 9.59 Å². The first-order valence-electron chi connectivity index (χ1n) is 12.3. The summed E-state index contributed by atoms with van der Waals surface area (Å²) < 4.78 is 7.70. The molecule has 0 aromatic carbocycles. The molecule has 0 bridgehead atoms. The van der Waals surface area contributed by atoms with Gasteiger partial charge in [0.15, 0.2) is 0 Å². The lowest BCUT2D eigenvalue weighted by Crippen LogP contribution is -2.50. The summed E-state index contributed by atoms with van der Waals surface area (Å²) in [4.78, 5) is 30.9. The van der Waals surface area contributed by atoms with Crippen LogP contribution in [0.4, 0.5) is 0 Å². The van der Waals surface area contributed by atoms with Crippen molar-refractivity contribution in [3.8, 4) is 0 Å². The number of carbonyl (C=O) groups is 2. The van der Waals surface area contributed by atoms with Crippen LogP contribution >= 0.6 is 11.3 Å². The molecule has 2 unspecified atom stereocenters. The van der Waals surface area contributed by atoms with E-state index in [0.717, 1.165) is 80.0 Å². The van der Waals surface area contributed by atoms with Crippen LogP contribution in [0, 0.1) is 11.8 Å². The molecule has 3 aliphatic rings. The van der Waals surface area contributed by atoms with E-state index < -0.39 is 0 Å². The average Bonchev–Trinajstić information content (AvgIpc) is 3.39. The Morgan fingerprint density at radius 2 is 2.06 bits per heavy atom. The number of likely N-dealkylation sites (N-methyl/N-ethyl adjacent to an activating group) is 1. The van der Waals surface area contributed by atoms with Gasteiger partial charge < -0.3 is 15.0 Å². The molecule has 2 saturated heterocycles. The Labute approximate surface area is 199 Å². The molecule has 2 aliphatic heterocycles. The second-order valence-corrected chi connectivity index (χ2v) is 11.1. The number of ether oxygens (including phenoxy) is 1. The van der Waals surface area contributed by atoms with Crippen molar-refractivity contribution in [3.05, 3.63) is 17.1 Å². The number of hydrogen-bond acceptors (Lipinski definition) is 6. The fourth-order valence-electron chi connectivity index (χ4n) is 5.50. The molecular weight excluding hydrogens is 438 g/mol. The Kier molecular flexibility index (Phi) is 6.72. The molecule has 1 N–H and O–H groups in total. The second kappa shape index (κ2) is 9.72. The quantitative estimate of drug-likeness (QED) is 0.722. The molecule has 33 heavy (non-hydrogen) atoms. The number of thiophene rings is 1. The summed E-state index contributed by atoms with van der Waals surface area (Å²) in [5, 5.41) is 8.95. The molecule has 1 aliphatic carbocycles. The highest BCUT2D eigenvalue weighted by Crippen LogP contribution is 2.34. The third kappa shape index (κ3) is 4.95. The van der Waals surface area contributed by atoms with Gasteiger partial charge in [-0.15, -0.1) is 11.3 Å². The van der Waals surface area contributed by atoms with Crippen molar-refractivity contribution in [3.63, 3.8) is 0 Å². The van der Waals surface area contributed by atoms with Gasteiger partial charge in [0.05, 0.1) is 30.3 Å². The van der Waals surface area contributed by atoms with Gasteiger partial charge in [-0.05, 0) is 44.1 Å². The van der Waals surface area contributed by atoms with Gasteiger partial charge in [0.1, 0.15) is 4.83 Å². The van der Waals surface area contributed by atoms with Crippen LogP contribution in [-0.4, -0.2) is 83.9 Å². The topological polar surface area (TPSA) is 79.7 Å². The van der Waals surface area contributed by atoms with Gasteiger partial charge in [-0.1, -0.05) is 6.92 Å².